The topological polar surface area (TPSA) is 67.1 Å². The lowest BCUT2D eigenvalue weighted by Crippen LogP contribution is -2.02. The molecule has 0 aliphatic carbocycles. The summed E-state index contributed by atoms with van der Waals surface area (Å²) < 4.78 is 26.3. The Labute approximate surface area is 109 Å². The summed E-state index contributed by atoms with van der Waals surface area (Å²) in [5.74, 6) is 1.39. The molecule has 0 spiro atoms. The summed E-state index contributed by atoms with van der Waals surface area (Å²) in [6.07, 6.45) is 0. The highest BCUT2D eigenvalue weighted by Gasteiger charge is 2.24. The average molecular weight is 266 g/mol. The number of hydrogen-bond acceptors (Lipinski definition) is 6. The van der Waals surface area contributed by atoms with Crippen molar-refractivity contribution in [3.05, 3.63) is 22.6 Å². The Morgan fingerprint density at radius 1 is 0.789 bits per heavy atom. The van der Waals surface area contributed by atoms with Crippen molar-refractivity contribution in [3.8, 4) is 23.0 Å². The second-order valence-electron chi connectivity index (χ2n) is 3.63. The van der Waals surface area contributed by atoms with Gasteiger partial charge in [-0.05, 0) is 6.07 Å². The highest BCUT2D eigenvalue weighted by molar-refractivity contribution is 5.94. The van der Waals surface area contributed by atoms with Gasteiger partial charge in [-0.1, -0.05) is 0 Å². The maximum atomic E-state index is 11.4. The molecule has 0 bridgehead atoms. The van der Waals surface area contributed by atoms with Gasteiger partial charge in [-0.15, -0.1) is 0 Å². The molecule has 0 saturated heterocycles. The molecule has 0 radical (unpaired) electrons. The second kappa shape index (κ2) is 5.09. The van der Waals surface area contributed by atoms with Gasteiger partial charge < -0.3 is 23.4 Å². The van der Waals surface area contributed by atoms with E-state index in [0.717, 1.165) is 0 Å². The van der Waals surface area contributed by atoms with Gasteiger partial charge in [-0.3, -0.25) is 0 Å². The van der Waals surface area contributed by atoms with E-state index in [4.69, 9.17) is 23.4 Å². The van der Waals surface area contributed by atoms with E-state index >= 15 is 0 Å². The molecule has 0 N–H and O–H groups in total. The summed E-state index contributed by atoms with van der Waals surface area (Å²) in [6.45, 7) is 0. The number of fused-ring (bicyclic) bond motifs is 1. The first kappa shape index (κ1) is 13.1. The van der Waals surface area contributed by atoms with E-state index in [9.17, 15) is 4.79 Å². The summed E-state index contributed by atoms with van der Waals surface area (Å²) in [5.41, 5.74) is -0.232. The van der Waals surface area contributed by atoms with E-state index in [1.54, 1.807) is 6.07 Å². The fourth-order valence-corrected chi connectivity index (χ4v) is 1.95. The van der Waals surface area contributed by atoms with Gasteiger partial charge in [-0.2, -0.15) is 0 Å². The van der Waals surface area contributed by atoms with E-state index in [1.165, 1.54) is 34.5 Å². The zero-order chi connectivity index (χ0) is 14.0. The highest BCUT2D eigenvalue weighted by atomic mass is 16.5. The Morgan fingerprint density at radius 2 is 1.32 bits per heavy atom. The van der Waals surface area contributed by atoms with Crippen LogP contribution >= 0.6 is 0 Å². The summed E-state index contributed by atoms with van der Waals surface area (Å²) >= 11 is 0. The van der Waals surface area contributed by atoms with Crippen LogP contribution in [0.1, 0.15) is 0 Å². The van der Waals surface area contributed by atoms with Gasteiger partial charge in [0.25, 0.3) is 0 Å². The Hall–Kier alpha value is -2.37. The monoisotopic (exact) mass is 266 g/mol. The normalized spacial score (nSPS) is 10.3. The van der Waals surface area contributed by atoms with Crippen molar-refractivity contribution in [1.29, 1.82) is 0 Å². The second-order valence-corrected chi connectivity index (χ2v) is 3.63. The molecule has 1 aromatic carbocycles. The van der Waals surface area contributed by atoms with Gasteiger partial charge in [0.15, 0.2) is 11.3 Å². The van der Waals surface area contributed by atoms with Crippen LogP contribution < -0.4 is 24.6 Å². The standard InChI is InChI=1S/C13H14O6/c1-15-9-7-5-6-8(14)19-10(7)12(17-3)13(18-4)11(9)16-2/h5-6H,1-4H3. The van der Waals surface area contributed by atoms with Crippen LogP contribution in [0.15, 0.2) is 21.3 Å². The van der Waals surface area contributed by atoms with Crippen molar-refractivity contribution >= 4 is 11.0 Å². The Bertz CT molecular complexity index is 658. The van der Waals surface area contributed by atoms with E-state index < -0.39 is 5.63 Å². The van der Waals surface area contributed by atoms with Crippen LogP contribution in [0.5, 0.6) is 23.0 Å². The predicted octanol–water partition coefficient (Wildman–Crippen LogP) is 1.83. The van der Waals surface area contributed by atoms with Gasteiger partial charge in [0.2, 0.25) is 17.2 Å². The molecule has 1 aromatic heterocycles. The minimum atomic E-state index is -0.486. The average Bonchev–Trinajstić information content (AvgIpc) is 2.44. The Kier molecular flexibility index (Phi) is 3.50. The highest BCUT2D eigenvalue weighted by Crippen LogP contribution is 2.50. The first-order valence-corrected chi connectivity index (χ1v) is 5.47. The molecule has 102 valence electrons. The van der Waals surface area contributed by atoms with E-state index in [-0.39, 0.29) is 11.3 Å². The van der Waals surface area contributed by atoms with Gasteiger partial charge in [0.1, 0.15) is 0 Å². The molecule has 0 fully saturated rings. The molecule has 0 amide bonds. The predicted molar refractivity (Wildman–Crippen MR) is 68.7 cm³/mol. The number of benzene rings is 1. The van der Waals surface area contributed by atoms with Gasteiger partial charge in [0, 0.05) is 6.07 Å². The third-order valence-electron chi connectivity index (χ3n) is 2.72. The molecule has 0 atom stereocenters. The molecular weight excluding hydrogens is 252 g/mol. The molecule has 6 nitrogen and oxygen atoms in total. The first-order valence-electron chi connectivity index (χ1n) is 5.47. The van der Waals surface area contributed by atoms with Crippen LogP contribution in [0, 0.1) is 0 Å². The summed E-state index contributed by atoms with van der Waals surface area (Å²) in [4.78, 5) is 11.4. The quantitative estimate of drug-likeness (QED) is 0.786. The third-order valence-corrected chi connectivity index (χ3v) is 2.72. The fraction of sp³-hybridized carbons (Fsp3) is 0.308. The van der Waals surface area contributed by atoms with Crippen LogP contribution in [0.25, 0.3) is 11.0 Å². The van der Waals surface area contributed by atoms with Crippen molar-refractivity contribution in [2.24, 2.45) is 0 Å². The molecule has 2 rings (SSSR count). The van der Waals surface area contributed by atoms with Crippen LogP contribution in [-0.4, -0.2) is 28.4 Å². The van der Waals surface area contributed by atoms with Gasteiger partial charge in [0.05, 0.1) is 33.8 Å². The van der Waals surface area contributed by atoms with E-state index in [0.29, 0.717) is 22.6 Å². The van der Waals surface area contributed by atoms with Crippen molar-refractivity contribution < 1.29 is 23.4 Å². The van der Waals surface area contributed by atoms with Crippen LogP contribution in [0.4, 0.5) is 0 Å². The summed E-state index contributed by atoms with van der Waals surface area (Å²) in [7, 11) is 5.90. The zero-order valence-electron chi connectivity index (χ0n) is 11.1. The lowest BCUT2D eigenvalue weighted by Gasteiger charge is -2.17. The van der Waals surface area contributed by atoms with Crippen molar-refractivity contribution in [3.63, 3.8) is 0 Å². The zero-order valence-corrected chi connectivity index (χ0v) is 11.1. The van der Waals surface area contributed by atoms with E-state index in [1.807, 2.05) is 0 Å². The summed E-state index contributed by atoms with van der Waals surface area (Å²) in [6, 6.07) is 2.89. The molecule has 2 aromatic rings. The van der Waals surface area contributed by atoms with Crippen LogP contribution in [0.2, 0.25) is 0 Å². The minimum Gasteiger partial charge on any atom is -0.492 e. The minimum absolute atomic E-state index is 0.254. The number of ether oxygens (including phenoxy) is 4. The lowest BCUT2D eigenvalue weighted by molar-refractivity contribution is 0.306. The van der Waals surface area contributed by atoms with Crippen LogP contribution in [0.3, 0.4) is 0 Å². The number of rotatable bonds is 4. The van der Waals surface area contributed by atoms with Crippen molar-refractivity contribution in [2.45, 2.75) is 0 Å². The van der Waals surface area contributed by atoms with Crippen LogP contribution in [-0.2, 0) is 0 Å². The molecule has 0 unspecified atom stereocenters. The molecular formula is C13H14O6. The van der Waals surface area contributed by atoms with Gasteiger partial charge in [-0.25, -0.2) is 4.79 Å². The van der Waals surface area contributed by atoms with E-state index in [2.05, 4.69) is 0 Å². The fourth-order valence-electron chi connectivity index (χ4n) is 1.95. The Morgan fingerprint density at radius 3 is 1.84 bits per heavy atom. The molecule has 19 heavy (non-hydrogen) atoms. The smallest absolute Gasteiger partial charge is 0.336 e. The number of methoxy groups -OCH3 is 4. The maximum Gasteiger partial charge on any atom is 0.336 e. The SMILES string of the molecule is COc1c(OC)c(OC)c2oc(=O)ccc2c1OC. The largest absolute Gasteiger partial charge is 0.492 e. The van der Waals surface area contributed by atoms with Gasteiger partial charge >= 0.3 is 5.63 Å². The summed E-state index contributed by atoms with van der Waals surface area (Å²) in [5, 5.41) is 0.566. The molecule has 0 saturated carbocycles. The molecule has 0 aliphatic heterocycles. The lowest BCUT2D eigenvalue weighted by atomic mass is 10.1. The molecule has 0 aliphatic rings. The third kappa shape index (κ3) is 1.95. The Balaban J connectivity index is 3.01. The maximum absolute atomic E-state index is 11.4. The molecule has 6 heteroatoms. The first-order chi connectivity index (χ1) is 9.17. The molecule has 1 heterocycles. The number of hydrogen-bond donors (Lipinski definition) is 0. The van der Waals surface area contributed by atoms with Crippen molar-refractivity contribution in [2.75, 3.05) is 28.4 Å². The van der Waals surface area contributed by atoms with Crippen molar-refractivity contribution in [1.82, 2.24) is 0 Å².